The maximum atomic E-state index is 8.79. The number of fused-ring (bicyclic) bond motifs is 1. The van der Waals surface area contributed by atoms with Gasteiger partial charge in [-0.05, 0) is 12.0 Å². The van der Waals surface area contributed by atoms with E-state index in [1.165, 1.54) is 0 Å². The van der Waals surface area contributed by atoms with Gasteiger partial charge in [0.05, 0.1) is 0 Å². The minimum absolute atomic E-state index is 0.304. The number of nitrogens with one attached hydrogen (secondary N) is 1. The Hall–Kier alpha value is -0.970. The van der Waals surface area contributed by atoms with Gasteiger partial charge in [0.1, 0.15) is 13.2 Å². The quantitative estimate of drug-likeness (QED) is 0.799. The van der Waals surface area contributed by atoms with Crippen molar-refractivity contribution in [3.63, 3.8) is 0 Å². The van der Waals surface area contributed by atoms with Crippen LogP contribution in [0.4, 0.5) is 0 Å². The lowest BCUT2D eigenvalue weighted by Gasteiger charge is -2.23. The summed E-state index contributed by atoms with van der Waals surface area (Å²) in [5.41, 5.74) is 3.97. The zero-order valence-electron chi connectivity index (χ0n) is 9.05. The van der Waals surface area contributed by atoms with Gasteiger partial charge in [-0.3, -0.25) is 0 Å². The fourth-order valence-electron chi connectivity index (χ4n) is 1.90. The fourth-order valence-corrected chi connectivity index (χ4v) is 2.18. The van der Waals surface area contributed by atoms with Crippen molar-refractivity contribution in [3.05, 3.63) is 22.2 Å². The van der Waals surface area contributed by atoms with E-state index in [1.807, 2.05) is 6.92 Å². The Kier molecular flexibility index (Phi) is 3.53. The van der Waals surface area contributed by atoms with Gasteiger partial charge in [-0.2, -0.15) is 0 Å². The second kappa shape index (κ2) is 4.91. The molecule has 5 heteroatoms. The summed E-state index contributed by atoms with van der Waals surface area (Å²) in [5, 5.41) is 9.37. The lowest BCUT2D eigenvalue weighted by Crippen LogP contribution is -2.18. The summed E-state index contributed by atoms with van der Waals surface area (Å²) in [5.74, 6) is 1.44. The molecule has 0 radical (unpaired) electrons. The topological polar surface area (TPSA) is 50.7 Å². The van der Waals surface area contributed by atoms with Crippen LogP contribution in [-0.2, 0) is 13.0 Å². The zero-order valence-corrected chi connectivity index (χ0v) is 9.80. The van der Waals surface area contributed by atoms with Gasteiger partial charge in [-0.15, -0.1) is 0 Å². The van der Waals surface area contributed by atoms with E-state index in [9.17, 15) is 0 Å². The highest BCUT2D eigenvalue weighted by Crippen LogP contribution is 2.40. The minimum Gasteiger partial charge on any atom is -0.486 e. The molecule has 1 aliphatic rings. The number of hydrogen-bond acceptors (Lipinski definition) is 4. The molecule has 0 saturated carbocycles. The second-order valence-corrected chi connectivity index (χ2v) is 3.94. The van der Waals surface area contributed by atoms with Gasteiger partial charge >= 0.3 is 0 Å². The van der Waals surface area contributed by atoms with Crippen LogP contribution in [0.5, 0.6) is 11.5 Å². The van der Waals surface area contributed by atoms with Gasteiger partial charge in [0.2, 0.25) is 0 Å². The summed E-state index contributed by atoms with van der Waals surface area (Å²) in [6.45, 7) is 3.42. The van der Waals surface area contributed by atoms with Gasteiger partial charge in [0, 0.05) is 23.2 Å². The van der Waals surface area contributed by atoms with Crippen molar-refractivity contribution in [2.75, 3.05) is 13.2 Å². The van der Waals surface area contributed by atoms with E-state index in [0.29, 0.717) is 30.5 Å². The molecule has 0 aromatic heterocycles. The van der Waals surface area contributed by atoms with Crippen LogP contribution in [0.2, 0.25) is 5.02 Å². The Morgan fingerprint density at radius 2 is 2.12 bits per heavy atom. The number of hydroxylamine groups is 1. The summed E-state index contributed by atoms with van der Waals surface area (Å²) < 4.78 is 11.1. The van der Waals surface area contributed by atoms with Crippen LogP contribution < -0.4 is 15.0 Å². The maximum absolute atomic E-state index is 8.79. The third-order valence-corrected chi connectivity index (χ3v) is 2.94. The highest BCUT2D eigenvalue weighted by Gasteiger charge is 2.20. The van der Waals surface area contributed by atoms with Crippen molar-refractivity contribution in [2.24, 2.45) is 0 Å². The van der Waals surface area contributed by atoms with E-state index in [1.54, 1.807) is 6.07 Å². The molecule has 0 unspecified atom stereocenters. The first-order chi connectivity index (χ1) is 7.77. The lowest BCUT2D eigenvalue weighted by molar-refractivity contribution is 0.158. The van der Waals surface area contributed by atoms with Gasteiger partial charge in [-0.1, -0.05) is 18.5 Å². The number of hydrogen-bond donors (Lipinski definition) is 2. The molecule has 1 heterocycles. The highest BCUT2D eigenvalue weighted by molar-refractivity contribution is 6.31. The molecule has 0 amide bonds. The predicted octanol–water partition coefficient (Wildman–Crippen LogP) is 2.15. The largest absolute Gasteiger partial charge is 0.486 e. The lowest BCUT2D eigenvalue weighted by atomic mass is 10.0. The summed E-state index contributed by atoms with van der Waals surface area (Å²) >= 11 is 6.14. The SMILES string of the molecule is CCc1c(CNO)c(Cl)cc2c1OCCO2. The van der Waals surface area contributed by atoms with Crippen molar-refractivity contribution in [1.29, 1.82) is 0 Å². The van der Waals surface area contributed by atoms with E-state index in [-0.39, 0.29) is 0 Å². The first kappa shape index (κ1) is 11.5. The first-order valence-electron chi connectivity index (χ1n) is 5.24. The molecule has 88 valence electrons. The average molecular weight is 244 g/mol. The molecular formula is C11H14ClNO3. The zero-order chi connectivity index (χ0) is 11.5. The van der Waals surface area contributed by atoms with Gasteiger partial charge < -0.3 is 14.7 Å². The Bertz CT molecular complexity index is 395. The molecule has 1 aromatic rings. The van der Waals surface area contributed by atoms with Crippen LogP contribution >= 0.6 is 11.6 Å². The molecule has 0 bridgehead atoms. The van der Waals surface area contributed by atoms with Crippen LogP contribution in [0.25, 0.3) is 0 Å². The third-order valence-electron chi connectivity index (χ3n) is 2.60. The Morgan fingerprint density at radius 1 is 1.38 bits per heavy atom. The van der Waals surface area contributed by atoms with Crippen LogP contribution in [-0.4, -0.2) is 18.4 Å². The predicted molar refractivity (Wildman–Crippen MR) is 60.4 cm³/mol. The molecule has 16 heavy (non-hydrogen) atoms. The monoisotopic (exact) mass is 243 g/mol. The number of ether oxygens (including phenoxy) is 2. The first-order valence-corrected chi connectivity index (χ1v) is 5.62. The molecule has 1 aliphatic heterocycles. The van der Waals surface area contributed by atoms with E-state index < -0.39 is 0 Å². The van der Waals surface area contributed by atoms with E-state index in [0.717, 1.165) is 23.3 Å². The molecule has 0 spiro atoms. The molecule has 4 nitrogen and oxygen atoms in total. The van der Waals surface area contributed by atoms with Gasteiger partial charge in [-0.25, -0.2) is 5.48 Å². The smallest absolute Gasteiger partial charge is 0.164 e. The van der Waals surface area contributed by atoms with Crippen molar-refractivity contribution in [2.45, 2.75) is 19.9 Å². The summed E-state index contributed by atoms with van der Waals surface area (Å²) in [6, 6.07) is 1.74. The number of rotatable bonds is 3. The molecule has 1 aromatic carbocycles. The summed E-state index contributed by atoms with van der Waals surface area (Å²) in [4.78, 5) is 0. The molecule has 0 saturated heterocycles. The molecule has 0 aliphatic carbocycles. The fraction of sp³-hybridized carbons (Fsp3) is 0.455. The number of halogens is 1. The second-order valence-electron chi connectivity index (χ2n) is 3.53. The molecule has 0 atom stereocenters. The van der Waals surface area contributed by atoms with Crippen LogP contribution in [0.15, 0.2) is 6.07 Å². The maximum Gasteiger partial charge on any atom is 0.164 e. The summed E-state index contributed by atoms with van der Waals surface area (Å²) in [7, 11) is 0. The van der Waals surface area contributed by atoms with Gasteiger partial charge in [0.15, 0.2) is 11.5 Å². The van der Waals surface area contributed by atoms with Gasteiger partial charge in [0.25, 0.3) is 0 Å². The average Bonchev–Trinajstić information content (AvgIpc) is 2.30. The van der Waals surface area contributed by atoms with Crippen molar-refractivity contribution in [3.8, 4) is 11.5 Å². The molecule has 2 rings (SSSR count). The molecule has 2 N–H and O–H groups in total. The van der Waals surface area contributed by atoms with Crippen LogP contribution in [0.1, 0.15) is 18.1 Å². The molecule has 0 fully saturated rings. The Labute approximate surface area is 99.1 Å². The van der Waals surface area contributed by atoms with Crippen LogP contribution in [0.3, 0.4) is 0 Å². The minimum atomic E-state index is 0.304. The number of benzene rings is 1. The van der Waals surface area contributed by atoms with E-state index in [2.05, 4.69) is 5.48 Å². The van der Waals surface area contributed by atoms with Crippen molar-refractivity contribution >= 4 is 11.6 Å². The molecular weight excluding hydrogens is 230 g/mol. The Balaban J connectivity index is 2.52. The highest BCUT2D eigenvalue weighted by atomic mass is 35.5. The van der Waals surface area contributed by atoms with E-state index in [4.69, 9.17) is 26.3 Å². The van der Waals surface area contributed by atoms with Crippen molar-refractivity contribution in [1.82, 2.24) is 5.48 Å². The third kappa shape index (κ3) is 1.96. The van der Waals surface area contributed by atoms with Crippen molar-refractivity contribution < 1.29 is 14.7 Å². The standard InChI is InChI=1S/C11H14ClNO3/c1-2-7-8(6-13-14)9(12)5-10-11(7)16-4-3-15-10/h5,13-14H,2-4,6H2,1H3. The summed E-state index contributed by atoms with van der Waals surface area (Å²) in [6.07, 6.45) is 0.781. The van der Waals surface area contributed by atoms with E-state index >= 15 is 0 Å². The van der Waals surface area contributed by atoms with Crippen LogP contribution in [0, 0.1) is 0 Å². The Morgan fingerprint density at radius 3 is 2.81 bits per heavy atom. The normalized spacial score (nSPS) is 13.9.